The van der Waals surface area contributed by atoms with Gasteiger partial charge in [-0.25, -0.2) is 0 Å². The van der Waals surface area contributed by atoms with Gasteiger partial charge in [-0.1, -0.05) is 13.0 Å². The minimum absolute atomic E-state index is 0.141. The minimum atomic E-state index is -2.84. The van der Waals surface area contributed by atoms with Crippen LogP contribution in [0.3, 0.4) is 0 Å². The van der Waals surface area contributed by atoms with E-state index in [9.17, 15) is 4.57 Å². The zero-order valence-electron chi connectivity index (χ0n) is 8.63. The highest BCUT2D eigenvalue weighted by Gasteiger charge is 2.32. The Morgan fingerprint density at radius 1 is 1.67 bits per heavy atom. The van der Waals surface area contributed by atoms with E-state index in [0.29, 0.717) is 12.8 Å². The maximum atomic E-state index is 11.9. The SMILES string of the molecule is CC[P@]1(=O)OCC[C@H](c2cccnc2)O1. The minimum Gasteiger partial charge on any atom is -0.308 e. The van der Waals surface area contributed by atoms with Crippen LogP contribution in [0.15, 0.2) is 24.5 Å². The van der Waals surface area contributed by atoms with Gasteiger partial charge in [-0.3, -0.25) is 9.55 Å². The molecule has 0 amide bonds. The van der Waals surface area contributed by atoms with Gasteiger partial charge in [0.1, 0.15) is 0 Å². The Bertz CT molecular complexity index is 368. The maximum absolute atomic E-state index is 11.9. The van der Waals surface area contributed by atoms with E-state index in [-0.39, 0.29) is 6.10 Å². The van der Waals surface area contributed by atoms with E-state index in [2.05, 4.69) is 4.98 Å². The summed E-state index contributed by atoms with van der Waals surface area (Å²) in [4.78, 5) is 4.02. The van der Waals surface area contributed by atoms with Gasteiger partial charge in [-0.2, -0.15) is 0 Å². The Morgan fingerprint density at radius 3 is 3.20 bits per heavy atom. The standard InChI is InChI=1S/C10H14NO3P/c1-2-15(12)13-7-5-10(14-15)9-4-3-6-11-8-9/h3-4,6,8,10H,2,5,7H2,1H3/t10-,15+/m1/s1. The largest absolute Gasteiger partial charge is 0.330 e. The van der Waals surface area contributed by atoms with Crippen LogP contribution in [0.5, 0.6) is 0 Å². The molecule has 0 aliphatic carbocycles. The number of hydrogen-bond acceptors (Lipinski definition) is 4. The lowest BCUT2D eigenvalue weighted by Gasteiger charge is -2.29. The molecule has 4 nitrogen and oxygen atoms in total. The van der Waals surface area contributed by atoms with Crippen molar-refractivity contribution in [3.05, 3.63) is 30.1 Å². The highest BCUT2D eigenvalue weighted by atomic mass is 31.2. The summed E-state index contributed by atoms with van der Waals surface area (Å²) in [5.41, 5.74) is 0.967. The van der Waals surface area contributed by atoms with Crippen LogP contribution in [0.4, 0.5) is 0 Å². The average Bonchev–Trinajstić information content (AvgIpc) is 2.30. The molecule has 2 rings (SSSR count). The molecule has 0 spiro atoms. The monoisotopic (exact) mass is 227 g/mol. The molecular weight excluding hydrogens is 213 g/mol. The van der Waals surface area contributed by atoms with Gasteiger partial charge in [-0.05, 0) is 11.6 Å². The molecule has 15 heavy (non-hydrogen) atoms. The Morgan fingerprint density at radius 2 is 2.53 bits per heavy atom. The van der Waals surface area contributed by atoms with Gasteiger partial charge in [0.2, 0.25) is 0 Å². The number of rotatable bonds is 2. The first kappa shape index (κ1) is 10.8. The normalized spacial score (nSPS) is 31.4. The van der Waals surface area contributed by atoms with E-state index in [4.69, 9.17) is 9.05 Å². The fourth-order valence-corrected chi connectivity index (χ4v) is 2.93. The van der Waals surface area contributed by atoms with Gasteiger partial charge in [0.25, 0.3) is 0 Å². The summed E-state index contributed by atoms with van der Waals surface area (Å²) in [6.45, 7) is 2.30. The van der Waals surface area contributed by atoms with Crippen molar-refractivity contribution >= 4 is 7.60 Å². The van der Waals surface area contributed by atoms with Crippen molar-refractivity contribution in [2.75, 3.05) is 12.8 Å². The van der Waals surface area contributed by atoms with Crippen molar-refractivity contribution in [3.63, 3.8) is 0 Å². The van der Waals surface area contributed by atoms with Crippen LogP contribution in [0, 0.1) is 0 Å². The van der Waals surface area contributed by atoms with Crippen LogP contribution in [0.1, 0.15) is 25.0 Å². The second-order valence-corrected chi connectivity index (χ2v) is 5.75. The summed E-state index contributed by atoms with van der Waals surface area (Å²) in [5, 5.41) is 0. The molecule has 0 saturated carbocycles. The summed E-state index contributed by atoms with van der Waals surface area (Å²) in [7, 11) is -2.84. The summed E-state index contributed by atoms with van der Waals surface area (Å²) in [5.74, 6) is 0. The van der Waals surface area contributed by atoms with Crippen LogP contribution in [-0.2, 0) is 13.6 Å². The lowest BCUT2D eigenvalue weighted by Crippen LogP contribution is -2.14. The fourth-order valence-electron chi connectivity index (χ4n) is 1.54. The highest BCUT2D eigenvalue weighted by molar-refractivity contribution is 7.53. The predicted molar refractivity (Wildman–Crippen MR) is 56.8 cm³/mol. The van der Waals surface area contributed by atoms with E-state index in [1.54, 1.807) is 12.4 Å². The summed E-state index contributed by atoms with van der Waals surface area (Å²) < 4.78 is 22.6. The molecule has 5 heteroatoms. The van der Waals surface area contributed by atoms with E-state index in [0.717, 1.165) is 12.0 Å². The molecule has 0 aromatic carbocycles. The number of pyridine rings is 1. The third kappa shape index (κ3) is 2.46. The number of nitrogens with zero attached hydrogens (tertiary/aromatic N) is 1. The Kier molecular flexibility index (Phi) is 3.19. The molecule has 2 heterocycles. The first-order chi connectivity index (χ1) is 7.23. The topological polar surface area (TPSA) is 48.4 Å². The molecule has 1 aromatic rings. The van der Waals surface area contributed by atoms with Gasteiger partial charge in [-0.15, -0.1) is 0 Å². The quantitative estimate of drug-likeness (QED) is 0.729. The van der Waals surface area contributed by atoms with Crippen molar-refractivity contribution in [3.8, 4) is 0 Å². The molecule has 2 atom stereocenters. The third-order valence-corrected chi connectivity index (χ3v) is 4.33. The summed E-state index contributed by atoms with van der Waals surface area (Å²) in [6.07, 6.45) is 4.47. The molecular formula is C10H14NO3P. The van der Waals surface area contributed by atoms with Crippen molar-refractivity contribution < 1.29 is 13.6 Å². The third-order valence-electron chi connectivity index (χ3n) is 2.40. The Hall–Kier alpha value is -0.700. The van der Waals surface area contributed by atoms with Crippen LogP contribution in [0.25, 0.3) is 0 Å². The lowest BCUT2D eigenvalue weighted by molar-refractivity contribution is 0.0818. The van der Waals surface area contributed by atoms with Gasteiger partial charge in [0.05, 0.1) is 12.7 Å². The average molecular weight is 227 g/mol. The molecule has 0 radical (unpaired) electrons. The molecule has 0 bridgehead atoms. The van der Waals surface area contributed by atoms with Crippen molar-refractivity contribution in [1.29, 1.82) is 0 Å². The second-order valence-electron chi connectivity index (χ2n) is 3.43. The molecule has 82 valence electrons. The number of aromatic nitrogens is 1. The number of hydrogen-bond donors (Lipinski definition) is 0. The lowest BCUT2D eigenvalue weighted by atomic mass is 10.1. The molecule has 0 N–H and O–H groups in total. The van der Waals surface area contributed by atoms with Gasteiger partial charge in [0.15, 0.2) is 0 Å². The van der Waals surface area contributed by atoms with Crippen LogP contribution in [-0.4, -0.2) is 17.8 Å². The van der Waals surface area contributed by atoms with Crippen molar-refractivity contribution in [2.24, 2.45) is 0 Å². The zero-order chi connectivity index (χ0) is 10.7. The Labute approximate surface area is 89.2 Å². The molecule has 1 fully saturated rings. The first-order valence-electron chi connectivity index (χ1n) is 5.05. The maximum Gasteiger partial charge on any atom is 0.330 e. The smallest absolute Gasteiger partial charge is 0.308 e. The Balaban J connectivity index is 2.15. The zero-order valence-corrected chi connectivity index (χ0v) is 9.52. The second kappa shape index (κ2) is 4.44. The molecule has 1 aliphatic rings. The van der Waals surface area contributed by atoms with Crippen LogP contribution in [0.2, 0.25) is 0 Å². The summed E-state index contributed by atoms with van der Waals surface area (Å²) in [6, 6.07) is 3.79. The van der Waals surface area contributed by atoms with E-state index in [1.165, 1.54) is 0 Å². The van der Waals surface area contributed by atoms with Crippen LogP contribution >= 0.6 is 7.60 Å². The fraction of sp³-hybridized carbons (Fsp3) is 0.500. The predicted octanol–water partition coefficient (Wildman–Crippen LogP) is 2.77. The van der Waals surface area contributed by atoms with E-state index < -0.39 is 7.60 Å². The first-order valence-corrected chi connectivity index (χ1v) is 6.78. The van der Waals surface area contributed by atoms with E-state index in [1.807, 2.05) is 19.1 Å². The molecule has 1 aliphatic heterocycles. The molecule has 1 aromatic heterocycles. The van der Waals surface area contributed by atoms with Crippen molar-refractivity contribution in [1.82, 2.24) is 4.98 Å². The van der Waals surface area contributed by atoms with Gasteiger partial charge < -0.3 is 9.05 Å². The molecule has 1 saturated heterocycles. The summed E-state index contributed by atoms with van der Waals surface area (Å²) >= 11 is 0. The van der Waals surface area contributed by atoms with Crippen molar-refractivity contribution in [2.45, 2.75) is 19.4 Å². The van der Waals surface area contributed by atoms with Gasteiger partial charge >= 0.3 is 7.60 Å². The molecule has 0 unspecified atom stereocenters. The highest BCUT2D eigenvalue weighted by Crippen LogP contribution is 2.55. The van der Waals surface area contributed by atoms with Gasteiger partial charge in [0, 0.05) is 25.0 Å². The van der Waals surface area contributed by atoms with E-state index >= 15 is 0 Å². The van der Waals surface area contributed by atoms with Crippen LogP contribution < -0.4 is 0 Å².